The van der Waals surface area contributed by atoms with Crippen molar-refractivity contribution in [2.24, 2.45) is 5.73 Å². The number of aryl methyl sites for hydroxylation is 1. The van der Waals surface area contributed by atoms with Gasteiger partial charge in [-0.2, -0.15) is 5.10 Å². The topological polar surface area (TPSA) is 53.1 Å². The summed E-state index contributed by atoms with van der Waals surface area (Å²) in [6.07, 6.45) is 1.97. The molecule has 1 aliphatic rings. The van der Waals surface area contributed by atoms with Crippen molar-refractivity contribution in [3.05, 3.63) is 17.5 Å². The number of hydrogen-bond donors (Lipinski definition) is 1. The van der Waals surface area contributed by atoms with Crippen LogP contribution in [0.5, 0.6) is 0 Å². The molecule has 1 unspecified atom stereocenters. The van der Waals surface area contributed by atoms with Crippen LogP contribution >= 0.6 is 0 Å². The molecule has 72 valence electrons. The van der Waals surface area contributed by atoms with Crippen molar-refractivity contribution >= 4 is 0 Å². The lowest BCUT2D eigenvalue weighted by Crippen LogP contribution is -2.30. The second-order valence-electron chi connectivity index (χ2n) is 3.54. The summed E-state index contributed by atoms with van der Waals surface area (Å²) in [6, 6.07) is 2.39. The van der Waals surface area contributed by atoms with Crippen LogP contribution in [0.2, 0.25) is 0 Å². The maximum Gasteiger partial charge on any atom is 0.0902 e. The molecule has 1 aromatic rings. The zero-order valence-electron chi connectivity index (χ0n) is 7.86. The average molecular weight is 181 g/mol. The van der Waals surface area contributed by atoms with Gasteiger partial charge in [-0.3, -0.25) is 4.68 Å². The number of methoxy groups -OCH3 is 1. The zero-order chi connectivity index (χ0) is 9.26. The van der Waals surface area contributed by atoms with Gasteiger partial charge in [0.1, 0.15) is 0 Å². The molecule has 0 fully saturated rings. The van der Waals surface area contributed by atoms with Crippen molar-refractivity contribution in [2.75, 3.05) is 7.11 Å². The Hall–Kier alpha value is -0.870. The predicted octanol–water partition coefficient (Wildman–Crippen LogP) is 0.303. The van der Waals surface area contributed by atoms with E-state index in [2.05, 4.69) is 11.2 Å². The van der Waals surface area contributed by atoms with E-state index >= 15 is 0 Å². The summed E-state index contributed by atoms with van der Waals surface area (Å²) < 4.78 is 7.06. The highest BCUT2D eigenvalue weighted by Gasteiger charge is 2.16. The first-order chi connectivity index (χ1) is 6.29. The van der Waals surface area contributed by atoms with Crippen molar-refractivity contribution < 1.29 is 4.74 Å². The summed E-state index contributed by atoms with van der Waals surface area (Å²) in [6.45, 7) is 1.54. The largest absolute Gasteiger partial charge is 0.378 e. The Morgan fingerprint density at radius 3 is 3.38 bits per heavy atom. The van der Waals surface area contributed by atoms with Gasteiger partial charge in [0.15, 0.2) is 0 Å². The number of nitrogens with zero attached hydrogens (tertiary/aromatic N) is 2. The molecule has 2 N–H and O–H groups in total. The van der Waals surface area contributed by atoms with Gasteiger partial charge in [-0.15, -0.1) is 0 Å². The monoisotopic (exact) mass is 181 g/mol. The summed E-state index contributed by atoms with van der Waals surface area (Å²) in [5.74, 6) is 0. The number of rotatable bonds is 2. The van der Waals surface area contributed by atoms with Gasteiger partial charge in [-0.1, -0.05) is 0 Å². The molecule has 1 aliphatic heterocycles. The highest BCUT2D eigenvalue weighted by Crippen LogP contribution is 2.14. The van der Waals surface area contributed by atoms with Crippen molar-refractivity contribution in [1.29, 1.82) is 0 Å². The number of fused-ring (bicyclic) bond motifs is 1. The molecule has 0 aromatic carbocycles. The summed E-state index contributed by atoms with van der Waals surface area (Å²) in [7, 11) is 1.68. The van der Waals surface area contributed by atoms with Crippen molar-refractivity contribution in [3.8, 4) is 0 Å². The molecular weight excluding hydrogens is 166 g/mol. The maximum atomic E-state index is 5.86. The minimum atomic E-state index is 0.305. The van der Waals surface area contributed by atoms with Gasteiger partial charge in [0.25, 0.3) is 0 Å². The second-order valence-corrected chi connectivity index (χ2v) is 3.54. The Labute approximate surface area is 77.7 Å². The first kappa shape index (κ1) is 8.72. The zero-order valence-corrected chi connectivity index (χ0v) is 7.86. The molecule has 1 atom stereocenters. The van der Waals surface area contributed by atoms with E-state index in [0.717, 1.165) is 25.1 Å². The fourth-order valence-electron chi connectivity index (χ4n) is 1.75. The molecular formula is C9H15N3O. The van der Waals surface area contributed by atoms with Crippen LogP contribution in [0.1, 0.15) is 17.8 Å². The van der Waals surface area contributed by atoms with E-state index in [4.69, 9.17) is 10.5 Å². The van der Waals surface area contributed by atoms with Crippen LogP contribution in [0, 0.1) is 0 Å². The van der Waals surface area contributed by atoms with Crippen LogP contribution in [-0.4, -0.2) is 22.9 Å². The highest BCUT2D eigenvalue weighted by atomic mass is 16.5. The van der Waals surface area contributed by atoms with Crippen molar-refractivity contribution in [1.82, 2.24) is 9.78 Å². The van der Waals surface area contributed by atoms with Gasteiger partial charge < -0.3 is 10.5 Å². The molecule has 1 aromatic heterocycles. The molecule has 0 saturated carbocycles. The molecule has 0 saturated heterocycles. The highest BCUT2D eigenvalue weighted by molar-refractivity contribution is 5.12. The normalized spacial score (nSPS) is 21.5. The molecule has 4 nitrogen and oxygen atoms in total. The quantitative estimate of drug-likeness (QED) is 0.714. The van der Waals surface area contributed by atoms with Gasteiger partial charge in [-0.05, 0) is 12.5 Å². The van der Waals surface area contributed by atoms with Crippen LogP contribution in [-0.2, 0) is 24.3 Å². The van der Waals surface area contributed by atoms with E-state index in [1.54, 1.807) is 7.11 Å². The third kappa shape index (κ3) is 1.73. The molecule has 0 amide bonds. The summed E-state index contributed by atoms with van der Waals surface area (Å²) in [5.41, 5.74) is 8.11. The van der Waals surface area contributed by atoms with E-state index in [1.807, 2.05) is 4.68 Å². The van der Waals surface area contributed by atoms with E-state index in [9.17, 15) is 0 Å². The third-order valence-electron chi connectivity index (χ3n) is 2.39. The number of aromatic nitrogens is 2. The van der Waals surface area contributed by atoms with Crippen LogP contribution in [0.4, 0.5) is 0 Å². The lowest BCUT2D eigenvalue weighted by atomic mass is 10.1. The van der Waals surface area contributed by atoms with Gasteiger partial charge in [0.2, 0.25) is 0 Å². The first-order valence-electron chi connectivity index (χ1n) is 4.59. The Morgan fingerprint density at radius 2 is 2.62 bits per heavy atom. The van der Waals surface area contributed by atoms with E-state index < -0.39 is 0 Å². The third-order valence-corrected chi connectivity index (χ3v) is 2.39. The molecule has 13 heavy (non-hydrogen) atoms. The maximum absolute atomic E-state index is 5.86. The number of hydrogen-bond acceptors (Lipinski definition) is 3. The van der Waals surface area contributed by atoms with Gasteiger partial charge in [-0.25, -0.2) is 0 Å². The summed E-state index contributed by atoms with van der Waals surface area (Å²) in [4.78, 5) is 0. The average Bonchev–Trinajstić information content (AvgIpc) is 2.46. The minimum Gasteiger partial charge on any atom is -0.378 e. The van der Waals surface area contributed by atoms with Crippen LogP contribution < -0.4 is 5.73 Å². The Kier molecular flexibility index (Phi) is 2.33. The smallest absolute Gasteiger partial charge is 0.0902 e. The first-order valence-corrected chi connectivity index (χ1v) is 4.59. The molecule has 0 radical (unpaired) electrons. The molecule has 0 aliphatic carbocycles. The number of nitrogens with two attached hydrogens (primary N) is 1. The van der Waals surface area contributed by atoms with E-state index in [-0.39, 0.29) is 0 Å². The predicted molar refractivity (Wildman–Crippen MR) is 49.2 cm³/mol. The fourth-order valence-corrected chi connectivity index (χ4v) is 1.75. The van der Waals surface area contributed by atoms with Gasteiger partial charge in [0.05, 0.1) is 12.3 Å². The minimum absolute atomic E-state index is 0.305. The Bertz CT molecular complexity index is 295. The molecule has 2 rings (SSSR count). The van der Waals surface area contributed by atoms with Crippen LogP contribution in [0.3, 0.4) is 0 Å². The standard InChI is InChI=1S/C9H15N3O/c1-13-6-8-5-9-4-7(10)2-3-12(9)11-8/h5,7H,2-4,6,10H2,1H3. The van der Waals surface area contributed by atoms with E-state index in [0.29, 0.717) is 12.6 Å². The lowest BCUT2D eigenvalue weighted by Gasteiger charge is -2.18. The van der Waals surface area contributed by atoms with Gasteiger partial charge >= 0.3 is 0 Å². The Balaban J connectivity index is 2.18. The Morgan fingerprint density at radius 1 is 1.77 bits per heavy atom. The second kappa shape index (κ2) is 3.47. The lowest BCUT2D eigenvalue weighted by molar-refractivity contribution is 0.180. The van der Waals surface area contributed by atoms with Crippen molar-refractivity contribution in [2.45, 2.75) is 32.0 Å². The van der Waals surface area contributed by atoms with E-state index in [1.165, 1.54) is 5.69 Å². The SMILES string of the molecule is COCc1cc2n(n1)CCC(N)C2. The van der Waals surface area contributed by atoms with Crippen LogP contribution in [0.15, 0.2) is 6.07 Å². The fraction of sp³-hybridized carbons (Fsp3) is 0.667. The summed E-state index contributed by atoms with van der Waals surface area (Å²) >= 11 is 0. The molecule has 2 heterocycles. The van der Waals surface area contributed by atoms with Crippen molar-refractivity contribution in [3.63, 3.8) is 0 Å². The van der Waals surface area contributed by atoms with Crippen LogP contribution in [0.25, 0.3) is 0 Å². The molecule has 0 bridgehead atoms. The molecule has 4 heteroatoms. The number of ether oxygens (including phenoxy) is 1. The molecule has 0 spiro atoms. The van der Waals surface area contributed by atoms with Gasteiger partial charge in [0, 0.05) is 31.8 Å². The summed E-state index contributed by atoms with van der Waals surface area (Å²) in [5, 5.41) is 4.41.